The Hall–Kier alpha value is -1.35. The summed E-state index contributed by atoms with van der Waals surface area (Å²) in [5, 5.41) is 8.99. The van der Waals surface area contributed by atoms with Crippen LogP contribution in [0, 0.1) is 19.3 Å². The molecule has 0 aliphatic carbocycles. The fourth-order valence-electron chi connectivity index (χ4n) is 2.56. The van der Waals surface area contributed by atoms with Gasteiger partial charge in [-0.25, -0.2) is 0 Å². The van der Waals surface area contributed by atoms with E-state index in [4.69, 9.17) is 11.6 Å². The highest BCUT2D eigenvalue weighted by Gasteiger charge is 2.38. The summed E-state index contributed by atoms with van der Waals surface area (Å²) in [6.07, 6.45) is 0.0263. The number of carbonyl (C=O) groups is 2. The van der Waals surface area contributed by atoms with Gasteiger partial charge in [-0.1, -0.05) is 43.2 Å². The third kappa shape index (κ3) is 4.06. The topological polar surface area (TPSA) is 54.4 Å². The number of carbonyl (C=O) groups excluding carboxylic acids is 1. The molecular weight excluding hydrogens is 264 g/mol. The van der Waals surface area contributed by atoms with E-state index in [9.17, 15) is 14.7 Å². The Balaban J connectivity index is 3.27. The van der Waals surface area contributed by atoms with E-state index in [0.29, 0.717) is 5.56 Å². The van der Waals surface area contributed by atoms with Crippen LogP contribution in [-0.2, 0) is 9.59 Å². The van der Waals surface area contributed by atoms with Crippen molar-refractivity contribution in [2.45, 2.75) is 40.0 Å². The van der Waals surface area contributed by atoms with Crippen molar-refractivity contribution in [2.75, 3.05) is 0 Å². The summed E-state index contributed by atoms with van der Waals surface area (Å²) >= 11 is 5.43. The molecule has 0 heterocycles. The normalized spacial score (nSPS) is 13.1. The summed E-state index contributed by atoms with van der Waals surface area (Å²) in [7, 11) is 0. The monoisotopic (exact) mass is 282 g/mol. The van der Waals surface area contributed by atoms with Gasteiger partial charge in [0.1, 0.15) is 0 Å². The second-order valence-corrected chi connectivity index (χ2v) is 6.13. The molecule has 1 aromatic rings. The van der Waals surface area contributed by atoms with E-state index in [2.05, 4.69) is 0 Å². The Bertz CT molecular complexity index is 486. The lowest BCUT2D eigenvalue weighted by atomic mass is 9.72. The van der Waals surface area contributed by atoms with Crippen molar-refractivity contribution in [1.82, 2.24) is 0 Å². The first-order valence-electron chi connectivity index (χ1n) is 6.13. The summed E-state index contributed by atoms with van der Waals surface area (Å²) in [5.74, 6) is -1.69. The van der Waals surface area contributed by atoms with E-state index in [1.54, 1.807) is 13.8 Å². The van der Waals surface area contributed by atoms with Gasteiger partial charge in [0, 0.05) is 6.42 Å². The average molecular weight is 283 g/mol. The van der Waals surface area contributed by atoms with Crippen LogP contribution in [0.3, 0.4) is 0 Å². The molecule has 1 rings (SSSR count). The second-order valence-electron chi connectivity index (χ2n) is 5.71. The zero-order chi connectivity index (χ0) is 14.8. The fourth-order valence-corrected chi connectivity index (χ4v) is 2.91. The van der Waals surface area contributed by atoms with E-state index >= 15 is 0 Å². The van der Waals surface area contributed by atoms with Crippen molar-refractivity contribution in [3.8, 4) is 0 Å². The molecule has 0 aliphatic heterocycles. The second kappa shape index (κ2) is 5.74. The Morgan fingerprint density at radius 2 is 1.68 bits per heavy atom. The van der Waals surface area contributed by atoms with Crippen molar-refractivity contribution < 1.29 is 14.7 Å². The van der Waals surface area contributed by atoms with Crippen molar-refractivity contribution in [3.05, 3.63) is 34.9 Å². The number of hydrogen-bond donors (Lipinski definition) is 1. The van der Waals surface area contributed by atoms with E-state index in [0.717, 1.165) is 11.1 Å². The van der Waals surface area contributed by atoms with Crippen LogP contribution in [0.15, 0.2) is 18.2 Å². The molecule has 0 aliphatic rings. The minimum atomic E-state index is -0.937. The predicted octanol–water partition coefficient (Wildman–Crippen LogP) is 3.65. The van der Waals surface area contributed by atoms with E-state index < -0.39 is 22.5 Å². The van der Waals surface area contributed by atoms with Crippen LogP contribution in [0.1, 0.15) is 42.9 Å². The number of aryl methyl sites for hydroxylation is 2. The minimum Gasteiger partial charge on any atom is -0.481 e. The van der Waals surface area contributed by atoms with Gasteiger partial charge in [0.2, 0.25) is 5.24 Å². The first-order valence-corrected chi connectivity index (χ1v) is 6.50. The van der Waals surface area contributed by atoms with E-state index in [1.165, 1.54) is 0 Å². The number of carboxylic acid groups (broad SMARTS) is 1. The van der Waals surface area contributed by atoms with Crippen LogP contribution in [0.4, 0.5) is 0 Å². The molecule has 0 radical (unpaired) electrons. The van der Waals surface area contributed by atoms with Crippen molar-refractivity contribution in [1.29, 1.82) is 0 Å². The summed E-state index contributed by atoms with van der Waals surface area (Å²) in [5.41, 5.74) is 2.00. The first-order chi connectivity index (χ1) is 8.63. The van der Waals surface area contributed by atoms with E-state index in [-0.39, 0.29) is 6.42 Å². The van der Waals surface area contributed by atoms with Crippen molar-refractivity contribution in [3.63, 3.8) is 0 Å². The van der Waals surface area contributed by atoms with Gasteiger partial charge in [-0.15, -0.1) is 0 Å². The third-order valence-electron chi connectivity index (χ3n) is 3.20. The molecule has 0 saturated heterocycles. The van der Waals surface area contributed by atoms with Gasteiger partial charge < -0.3 is 5.11 Å². The molecule has 0 fully saturated rings. The highest BCUT2D eigenvalue weighted by molar-refractivity contribution is 6.63. The molecule has 4 heteroatoms. The van der Waals surface area contributed by atoms with Gasteiger partial charge in [-0.05, 0) is 36.4 Å². The van der Waals surface area contributed by atoms with Crippen LogP contribution in [0.25, 0.3) is 0 Å². The standard InChI is InChI=1S/C15H19ClO3/c1-9-5-10(2)7-11(6-9)13(14(18)19)15(3,4)8-12(16)17/h5-7,13H,8H2,1-4H3,(H,18,19). The average Bonchev–Trinajstić information content (AvgIpc) is 2.10. The Labute approximate surface area is 118 Å². The molecule has 104 valence electrons. The Kier molecular flexibility index (Phi) is 4.75. The van der Waals surface area contributed by atoms with Crippen LogP contribution in [0.2, 0.25) is 0 Å². The zero-order valence-corrected chi connectivity index (χ0v) is 12.4. The van der Waals surface area contributed by atoms with Gasteiger partial charge >= 0.3 is 5.97 Å². The predicted molar refractivity (Wildman–Crippen MR) is 75.6 cm³/mol. The lowest BCUT2D eigenvalue weighted by Crippen LogP contribution is -2.30. The molecule has 1 aromatic carbocycles. The minimum absolute atomic E-state index is 0.0263. The molecule has 0 saturated carbocycles. The summed E-state index contributed by atoms with van der Waals surface area (Å²) in [6, 6.07) is 5.70. The lowest BCUT2D eigenvalue weighted by Gasteiger charge is -2.31. The molecule has 3 nitrogen and oxygen atoms in total. The number of rotatable bonds is 5. The maximum atomic E-state index is 11.6. The summed E-state index contributed by atoms with van der Waals surface area (Å²) in [4.78, 5) is 22.7. The number of carboxylic acids is 1. The fraction of sp³-hybridized carbons (Fsp3) is 0.467. The SMILES string of the molecule is Cc1cc(C)cc(C(C(=O)O)C(C)(C)CC(=O)Cl)c1. The smallest absolute Gasteiger partial charge is 0.311 e. The molecule has 1 N–H and O–H groups in total. The van der Waals surface area contributed by atoms with Gasteiger partial charge in [-0.2, -0.15) is 0 Å². The maximum Gasteiger partial charge on any atom is 0.311 e. The van der Waals surface area contributed by atoms with Crippen LogP contribution in [-0.4, -0.2) is 16.3 Å². The number of halogens is 1. The lowest BCUT2D eigenvalue weighted by molar-refractivity contribution is -0.142. The third-order valence-corrected chi connectivity index (χ3v) is 3.33. The van der Waals surface area contributed by atoms with Gasteiger partial charge in [-0.3, -0.25) is 9.59 Å². The largest absolute Gasteiger partial charge is 0.481 e. The highest BCUT2D eigenvalue weighted by atomic mass is 35.5. The highest BCUT2D eigenvalue weighted by Crippen LogP contribution is 2.39. The number of benzene rings is 1. The molecule has 1 unspecified atom stereocenters. The quantitative estimate of drug-likeness (QED) is 0.839. The van der Waals surface area contributed by atoms with Crippen molar-refractivity contribution >= 4 is 22.8 Å². The number of aliphatic carboxylic acids is 1. The van der Waals surface area contributed by atoms with Crippen molar-refractivity contribution in [2.24, 2.45) is 5.41 Å². The maximum absolute atomic E-state index is 11.6. The molecular formula is C15H19ClO3. The van der Waals surface area contributed by atoms with Gasteiger partial charge in [0.05, 0.1) is 5.92 Å². The zero-order valence-electron chi connectivity index (χ0n) is 11.7. The van der Waals surface area contributed by atoms with Gasteiger partial charge in [0.15, 0.2) is 0 Å². The molecule has 19 heavy (non-hydrogen) atoms. The van der Waals surface area contributed by atoms with Crippen LogP contribution in [0.5, 0.6) is 0 Å². The van der Waals surface area contributed by atoms with E-state index in [1.807, 2.05) is 32.0 Å². The Morgan fingerprint density at radius 3 is 2.05 bits per heavy atom. The summed E-state index contributed by atoms with van der Waals surface area (Å²) in [6.45, 7) is 7.36. The van der Waals surface area contributed by atoms with Crippen LogP contribution < -0.4 is 0 Å². The number of hydrogen-bond acceptors (Lipinski definition) is 2. The Morgan fingerprint density at radius 1 is 1.21 bits per heavy atom. The van der Waals surface area contributed by atoms with Crippen LogP contribution >= 0.6 is 11.6 Å². The molecule has 0 amide bonds. The first kappa shape index (κ1) is 15.7. The summed E-state index contributed by atoms with van der Waals surface area (Å²) < 4.78 is 0. The molecule has 0 spiro atoms. The molecule has 0 aromatic heterocycles. The molecule has 0 bridgehead atoms. The van der Waals surface area contributed by atoms with Gasteiger partial charge in [0.25, 0.3) is 0 Å². The molecule has 1 atom stereocenters.